The zero-order valence-electron chi connectivity index (χ0n) is 10.6. The van der Waals surface area contributed by atoms with Crippen molar-refractivity contribution in [2.75, 3.05) is 0 Å². The molecule has 1 aliphatic carbocycles. The fourth-order valence-electron chi connectivity index (χ4n) is 2.45. The van der Waals surface area contributed by atoms with Crippen LogP contribution in [0.25, 0.3) is 11.4 Å². The molecule has 0 saturated heterocycles. The summed E-state index contributed by atoms with van der Waals surface area (Å²) in [5.74, 6) is 0.0282. The number of fused-ring (bicyclic) bond motifs is 1. The molecule has 2 aromatic rings. The SMILES string of the molecule is FC(F)(F)c1cc(Br)ccc1-c1nc(Cl)c2c(n1)CCC2. The number of hydrogen-bond donors (Lipinski definition) is 0. The summed E-state index contributed by atoms with van der Waals surface area (Å²) in [4.78, 5) is 8.34. The van der Waals surface area contributed by atoms with Gasteiger partial charge in [0.1, 0.15) is 5.15 Å². The van der Waals surface area contributed by atoms with Gasteiger partial charge < -0.3 is 0 Å². The molecule has 1 aromatic heterocycles. The molecule has 1 aromatic carbocycles. The molecule has 0 aliphatic heterocycles. The van der Waals surface area contributed by atoms with Crippen LogP contribution in [0.15, 0.2) is 22.7 Å². The summed E-state index contributed by atoms with van der Waals surface area (Å²) in [6, 6.07) is 3.93. The molecule has 110 valence electrons. The van der Waals surface area contributed by atoms with Crippen molar-refractivity contribution in [3.05, 3.63) is 44.6 Å². The fraction of sp³-hybridized carbons (Fsp3) is 0.286. The van der Waals surface area contributed by atoms with Crippen molar-refractivity contribution in [3.8, 4) is 11.4 Å². The van der Waals surface area contributed by atoms with Gasteiger partial charge in [0.2, 0.25) is 0 Å². The van der Waals surface area contributed by atoms with E-state index in [1.54, 1.807) is 0 Å². The van der Waals surface area contributed by atoms with Crippen LogP contribution in [0.3, 0.4) is 0 Å². The van der Waals surface area contributed by atoms with E-state index in [0.29, 0.717) is 4.47 Å². The van der Waals surface area contributed by atoms with Gasteiger partial charge in [0, 0.05) is 21.3 Å². The Labute approximate surface area is 132 Å². The summed E-state index contributed by atoms with van der Waals surface area (Å²) >= 11 is 9.14. The highest BCUT2D eigenvalue weighted by atomic mass is 79.9. The highest BCUT2D eigenvalue weighted by molar-refractivity contribution is 9.10. The molecule has 0 radical (unpaired) electrons. The van der Waals surface area contributed by atoms with Crippen LogP contribution in [0.5, 0.6) is 0 Å². The maximum absolute atomic E-state index is 13.2. The first kappa shape index (κ1) is 14.8. The van der Waals surface area contributed by atoms with Crippen molar-refractivity contribution in [2.45, 2.75) is 25.4 Å². The molecule has 3 rings (SSSR count). The van der Waals surface area contributed by atoms with Crippen molar-refractivity contribution in [3.63, 3.8) is 0 Å². The van der Waals surface area contributed by atoms with Gasteiger partial charge in [0.15, 0.2) is 5.82 Å². The number of benzene rings is 1. The lowest BCUT2D eigenvalue weighted by atomic mass is 10.1. The van der Waals surface area contributed by atoms with E-state index >= 15 is 0 Å². The Morgan fingerprint density at radius 1 is 1.14 bits per heavy atom. The van der Waals surface area contributed by atoms with Crippen molar-refractivity contribution >= 4 is 27.5 Å². The summed E-state index contributed by atoms with van der Waals surface area (Å²) in [5, 5.41) is 0.253. The predicted molar refractivity (Wildman–Crippen MR) is 77.2 cm³/mol. The maximum Gasteiger partial charge on any atom is 0.417 e. The van der Waals surface area contributed by atoms with Crippen LogP contribution in [0.1, 0.15) is 23.2 Å². The lowest BCUT2D eigenvalue weighted by Crippen LogP contribution is -2.09. The van der Waals surface area contributed by atoms with Gasteiger partial charge in [0.05, 0.1) is 5.56 Å². The maximum atomic E-state index is 13.2. The van der Waals surface area contributed by atoms with Crippen LogP contribution in [-0.2, 0) is 19.0 Å². The van der Waals surface area contributed by atoms with Crippen molar-refractivity contribution in [1.29, 1.82) is 0 Å². The lowest BCUT2D eigenvalue weighted by Gasteiger charge is -2.13. The van der Waals surface area contributed by atoms with Gasteiger partial charge in [-0.15, -0.1) is 0 Å². The minimum absolute atomic E-state index is 0.0282. The third-order valence-corrected chi connectivity index (χ3v) is 4.22. The summed E-state index contributed by atoms with van der Waals surface area (Å²) in [6.45, 7) is 0. The zero-order valence-corrected chi connectivity index (χ0v) is 13.0. The smallest absolute Gasteiger partial charge is 0.233 e. The van der Waals surface area contributed by atoms with Gasteiger partial charge in [-0.3, -0.25) is 0 Å². The predicted octanol–water partition coefficient (Wildman–Crippen LogP) is 5.07. The Kier molecular flexibility index (Phi) is 3.69. The molecule has 0 saturated carbocycles. The first-order valence-electron chi connectivity index (χ1n) is 6.28. The van der Waals surface area contributed by atoms with Gasteiger partial charge in [-0.25, -0.2) is 9.97 Å². The Morgan fingerprint density at radius 3 is 2.62 bits per heavy atom. The third kappa shape index (κ3) is 2.79. The minimum atomic E-state index is -4.48. The normalized spacial score (nSPS) is 14.3. The molecule has 7 heteroatoms. The van der Waals surface area contributed by atoms with E-state index in [0.717, 1.165) is 36.6 Å². The number of nitrogens with zero attached hydrogens (tertiary/aromatic N) is 2. The molecule has 0 fully saturated rings. The average Bonchev–Trinajstić information content (AvgIpc) is 2.86. The molecule has 2 nitrogen and oxygen atoms in total. The Morgan fingerprint density at radius 2 is 1.90 bits per heavy atom. The molecule has 1 heterocycles. The van der Waals surface area contributed by atoms with Crippen molar-refractivity contribution in [1.82, 2.24) is 9.97 Å². The van der Waals surface area contributed by atoms with Gasteiger partial charge in [-0.2, -0.15) is 13.2 Å². The van der Waals surface area contributed by atoms with Gasteiger partial charge in [-0.05, 0) is 37.5 Å². The Balaban J connectivity index is 2.20. The van der Waals surface area contributed by atoms with Gasteiger partial charge in [-0.1, -0.05) is 27.5 Å². The first-order chi connectivity index (χ1) is 9.86. The molecule has 0 N–H and O–H groups in total. The number of alkyl halides is 3. The van der Waals surface area contributed by atoms with E-state index in [9.17, 15) is 13.2 Å². The van der Waals surface area contributed by atoms with Crippen LogP contribution in [0.2, 0.25) is 5.15 Å². The summed E-state index contributed by atoms with van der Waals surface area (Å²) < 4.78 is 39.9. The molecule has 0 atom stereocenters. The van der Waals surface area contributed by atoms with E-state index in [1.807, 2.05) is 0 Å². The van der Waals surface area contributed by atoms with E-state index in [4.69, 9.17) is 11.6 Å². The first-order valence-corrected chi connectivity index (χ1v) is 7.46. The molecular formula is C14H9BrClF3N2. The second-order valence-electron chi connectivity index (χ2n) is 4.80. The molecule has 0 bridgehead atoms. The van der Waals surface area contributed by atoms with Gasteiger partial charge >= 0.3 is 6.18 Å². The topological polar surface area (TPSA) is 25.8 Å². The summed E-state index contributed by atoms with van der Waals surface area (Å²) in [6.07, 6.45) is -2.07. The van der Waals surface area contributed by atoms with Crippen LogP contribution >= 0.6 is 27.5 Å². The molecule has 0 amide bonds. The lowest BCUT2D eigenvalue weighted by molar-refractivity contribution is -0.137. The summed E-state index contributed by atoms with van der Waals surface area (Å²) in [5.41, 5.74) is 0.778. The number of aryl methyl sites for hydroxylation is 1. The second-order valence-corrected chi connectivity index (χ2v) is 6.08. The second kappa shape index (κ2) is 5.25. The van der Waals surface area contributed by atoms with Gasteiger partial charge in [0.25, 0.3) is 0 Å². The minimum Gasteiger partial charge on any atom is -0.233 e. The Bertz CT molecular complexity index is 716. The standard InChI is InChI=1S/C14H9BrClF3N2/c15-7-4-5-8(10(6-7)14(17,18)19)13-20-11-3-1-2-9(11)12(16)21-13/h4-6H,1-3H2. The zero-order chi connectivity index (χ0) is 15.2. The van der Waals surface area contributed by atoms with E-state index in [-0.39, 0.29) is 16.5 Å². The number of rotatable bonds is 1. The number of aromatic nitrogens is 2. The molecule has 0 unspecified atom stereocenters. The fourth-order valence-corrected chi connectivity index (χ4v) is 3.10. The quantitative estimate of drug-likeness (QED) is 0.649. The van der Waals surface area contributed by atoms with Crippen LogP contribution in [0, 0.1) is 0 Å². The molecule has 1 aliphatic rings. The highest BCUT2D eigenvalue weighted by Gasteiger charge is 2.35. The van der Waals surface area contributed by atoms with Crippen molar-refractivity contribution < 1.29 is 13.2 Å². The number of halogens is 5. The molecular weight excluding hydrogens is 369 g/mol. The number of hydrogen-bond acceptors (Lipinski definition) is 2. The molecule has 21 heavy (non-hydrogen) atoms. The van der Waals surface area contributed by atoms with Crippen LogP contribution in [0.4, 0.5) is 13.2 Å². The van der Waals surface area contributed by atoms with E-state index in [1.165, 1.54) is 12.1 Å². The van der Waals surface area contributed by atoms with E-state index < -0.39 is 11.7 Å². The van der Waals surface area contributed by atoms with Crippen LogP contribution < -0.4 is 0 Å². The largest absolute Gasteiger partial charge is 0.417 e. The monoisotopic (exact) mass is 376 g/mol. The Hall–Kier alpha value is -1.14. The summed E-state index contributed by atoms with van der Waals surface area (Å²) in [7, 11) is 0. The molecule has 0 spiro atoms. The van der Waals surface area contributed by atoms with E-state index in [2.05, 4.69) is 25.9 Å². The average molecular weight is 378 g/mol. The van der Waals surface area contributed by atoms with Crippen molar-refractivity contribution in [2.24, 2.45) is 0 Å². The third-order valence-electron chi connectivity index (χ3n) is 3.41. The van der Waals surface area contributed by atoms with Crippen LogP contribution in [-0.4, -0.2) is 9.97 Å². The highest BCUT2D eigenvalue weighted by Crippen LogP contribution is 2.38.